The largest absolute Gasteiger partial charge is 0.322 e. The quantitative estimate of drug-likeness (QED) is 0.602. The fraction of sp³-hybridized carbons (Fsp3) is 0. The fourth-order valence-electron chi connectivity index (χ4n) is 1.35. The molecule has 0 saturated carbocycles. The Bertz CT molecular complexity index is 581. The molecule has 0 bridgehead atoms. The number of benzene rings is 1. The molecule has 2 rings (SSSR count). The second kappa shape index (κ2) is 2.75. The number of nitrogens with two attached hydrogens (primary N) is 1. The van der Waals surface area contributed by atoms with Crippen LogP contribution in [0.15, 0.2) is 18.2 Å². The van der Waals surface area contributed by atoms with Crippen LogP contribution in [0.2, 0.25) is 0 Å². The van der Waals surface area contributed by atoms with Gasteiger partial charge in [0, 0.05) is 0 Å². The first-order valence-electron chi connectivity index (χ1n) is 3.85. The number of nitrogens with zero attached hydrogens (tertiary/aromatic N) is 4. The molecule has 0 aliphatic heterocycles. The molecule has 0 unspecified atom stereocenters. The Hall–Kier alpha value is -2.53. The molecule has 1 aromatic carbocycles. The van der Waals surface area contributed by atoms with Crippen molar-refractivity contribution in [2.24, 2.45) is 0 Å². The topological polar surface area (TPSA) is 91.4 Å². The van der Waals surface area contributed by atoms with E-state index in [1.54, 1.807) is 18.2 Å². The van der Waals surface area contributed by atoms with Gasteiger partial charge >= 0.3 is 0 Å². The Morgan fingerprint density at radius 1 is 1.29 bits per heavy atom. The van der Waals surface area contributed by atoms with E-state index in [0.717, 1.165) is 4.79 Å². The maximum absolute atomic E-state index is 8.83. The first-order chi connectivity index (χ1) is 6.77. The normalized spacial score (nSPS) is 9.57. The zero-order chi connectivity index (χ0) is 10.1. The molecule has 1 heterocycles. The molecule has 2 aromatic rings. The fourth-order valence-corrected chi connectivity index (χ4v) is 1.35. The SMILES string of the molecule is N#Cc1cccc2nn(N)c(C#N)c12. The highest BCUT2D eigenvalue weighted by Crippen LogP contribution is 2.20. The van der Waals surface area contributed by atoms with Gasteiger partial charge in [0.05, 0.1) is 22.5 Å². The predicted molar refractivity (Wildman–Crippen MR) is 49.3 cm³/mol. The summed E-state index contributed by atoms with van der Waals surface area (Å²) in [6, 6.07) is 8.96. The van der Waals surface area contributed by atoms with Crippen LogP contribution >= 0.6 is 0 Å². The van der Waals surface area contributed by atoms with Gasteiger partial charge in [-0.05, 0) is 12.1 Å². The molecule has 1 aromatic heterocycles. The van der Waals surface area contributed by atoms with Gasteiger partial charge in [0.15, 0.2) is 5.69 Å². The molecule has 66 valence electrons. The molecule has 0 atom stereocenters. The summed E-state index contributed by atoms with van der Waals surface area (Å²) in [6.45, 7) is 0. The minimum atomic E-state index is 0.206. The van der Waals surface area contributed by atoms with Crippen LogP contribution in [0, 0.1) is 22.7 Å². The van der Waals surface area contributed by atoms with Crippen LogP contribution in [0.25, 0.3) is 10.9 Å². The number of nitrogen functional groups attached to an aromatic ring is 1. The summed E-state index contributed by atoms with van der Waals surface area (Å²) in [5.74, 6) is 5.46. The number of rotatable bonds is 0. The van der Waals surface area contributed by atoms with Gasteiger partial charge in [-0.1, -0.05) is 6.07 Å². The summed E-state index contributed by atoms with van der Waals surface area (Å²) >= 11 is 0. The van der Waals surface area contributed by atoms with Crippen LogP contribution in [0.3, 0.4) is 0 Å². The standard InChI is InChI=1S/C9H5N5/c10-4-6-2-1-3-7-9(6)8(5-11)14(12)13-7/h1-3H,12H2. The monoisotopic (exact) mass is 183 g/mol. The van der Waals surface area contributed by atoms with Crippen molar-refractivity contribution in [2.45, 2.75) is 0 Å². The van der Waals surface area contributed by atoms with Crippen molar-refractivity contribution in [3.05, 3.63) is 29.5 Å². The van der Waals surface area contributed by atoms with Crippen LogP contribution < -0.4 is 5.84 Å². The minimum Gasteiger partial charge on any atom is -0.322 e. The zero-order valence-electron chi connectivity index (χ0n) is 7.10. The van der Waals surface area contributed by atoms with Crippen molar-refractivity contribution in [3.8, 4) is 12.1 Å². The van der Waals surface area contributed by atoms with Gasteiger partial charge in [0.1, 0.15) is 6.07 Å². The third-order valence-corrected chi connectivity index (χ3v) is 1.95. The average molecular weight is 183 g/mol. The number of fused-ring (bicyclic) bond motifs is 1. The van der Waals surface area contributed by atoms with Crippen molar-refractivity contribution in [2.75, 3.05) is 5.84 Å². The summed E-state index contributed by atoms with van der Waals surface area (Å²) < 4.78 is 0. The van der Waals surface area contributed by atoms with E-state index in [1.807, 2.05) is 12.1 Å². The van der Waals surface area contributed by atoms with Crippen LogP contribution in [-0.2, 0) is 0 Å². The summed E-state index contributed by atoms with van der Waals surface area (Å²) in [7, 11) is 0. The number of hydrogen-bond donors (Lipinski definition) is 1. The van der Waals surface area contributed by atoms with Crippen LogP contribution in [0.1, 0.15) is 11.3 Å². The highest BCUT2D eigenvalue weighted by Gasteiger charge is 2.12. The molecule has 5 heteroatoms. The number of nitriles is 2. The van der Waals surface area contributed by atoms with Crippen LogP contribution in [0.4, 0.5) is 0 Å². The van der Waals surface area contributed by atoms with Gasteiger partial charge in [-0.2, -0.15) is 20.4 Å². The van der Waals surface area contributed by atoms with Gasteiger partial charge in [0.2, 0.25) is 0 Å². The van der Waals surface area contributed by atoms with E-state index in [4.69, 9.17) is 16.4 Å². The molecule has 14 heavy (non-hydrogen) atoms. The van der Waals surface area contributed by atoms with E-state index in [1.165, 1.54) is 0 Å². The number of aromatic nitrogens is 2. The third-order valence-electron chi connectivity index (χ3n) is 1.95. The Balaban J connectivity index is 3.00. The molecule has 0 aliphatic carbocycles. The summed E-state index contributed by atoms with van der Waals surface area (Å²) in [5.41, 5.74) is 1.18. The van der Waals surface area contributed by atoms with Crippen molar-refractivity contribution in [3.63, 3.8) is 0 Å². The van der Waals surface area contributed by atoms with Gasteiger partial charge in [-0.3, -0.25) is 0 Å². The van der Waals surface area contributed by atoms with E-state index in [-0.39, 0.29) is 5.69 Å². The van der Waals surface area contributed by atoms with Crippen molar-refractivity contribution in [1.82, 2.24) is 9.89 Å². The first-order valence-corrected chi connectivity index (χ1v) is 3.85. The summed E-state index contributed by atoms with van der Waals surface area (Å²) in [5, 5.41) is 22.1. The summed E-state index contributed by atoms with van der Waals surface area (Å²) in [6.07, 6.45) is 0. The second-order valence-corrected chi connectivity index (χ2v) is 2.72. The van der Waals surface area contributed by atoms with Gasteiger partial charge in [-0.15, -0.1) is 0 Å². The van der Waals surface area contributed by atoms with Crippen molar-refractivity contribution >= 4 is 10.9 Å². The van der Waals surface area contributed by atoms with Crippen LogP contribution in [0.5, 0.6) is 0 Å². The molecule has 0 saturated heterocycles. The molecule has 0 fully saturated rings. The average Bonchev–Trinajstić information content (AvgIpc) is 2.52. The lowest BCUT2D eigenvalue weighted by Gasteiger charge is -1.91. The van der Waals surface area contributed by atoms with Crippen LogP contribution in [-0.4, -0.2) is 9.89 Å². The van der Waals surface area contributed by atoms with E-state index >= 15 is 0 Å². The lowest BCUT2D eigenvalue weighted by molar-refractivity contribution is 0.832. The Morgan fingerprint density at radius 2 is 2.07 bits per heavy atom. The molecular formula is C9H5N5. The van der Waals surface area contributed by atoms with Crippen molar-refractivity contribution in [1.29, 1.82) is 10.5 Å². The van der Waals surface area contributed by atoms with E-state index < -0.39 is 0 Å². The Kier molecular flexibility index (Phi) is 1.59. The van der Waals surface area contributed by atoms with E-state index in [2.05, 4.69) is 5.10 Å². The van der Waals surface area contributed by atoms with Gasteiger partial charge in [-0.25, -0.2) is 0 Å². The third kappa shape index (κ3) is 0.900. The Morgan fingerprint density at radius 3 is 2.71 bits per heavy atom. The molecule has 5 nitrogen and oxygen atoms in total. The van der Waals surface area contributed by atoms with Gasteiger partial charge < -0.3 is 5.84 Å². The molecule has 0 amide bonds. The minimum absolute atomic E-state index is 0.206. The molecule has 0 radical (unpaired) electrons. The van der Waals surface area contributed by atoms with E-state index in [0.29, 0.717) is 16.5 Å². The van der Waals surface area contributed by atoms with E-state index in [9.17, 15) is 0 Å². The van der Waals surface area contributed by atoms with Gasteiger partial charge in [0.25, 0.3) is 0 Å². The maximum Gasteiger partial charge on any atom is 0.170 e. The predicted octanol–water partition coefficient (Wildman–Crippen LogP) is 0.493. The highest BCUT2D eigenvalue weighted by atomic mass is 15.5. The smallest absolute Gasteiger partial charge is 0.170 e. The number of hydrogen-bond acceptors (Lipinski definition) is 4. The first kappa shape index (κ1) is 8.09. The van der Waals surface area contributed by atoms with Crippen molar-refractivity contribution < 1.29 is 0 Å². The zero-order valence-corrected chi connectivity index (χ0v) is 7.10. The maximum atomic E-state index is 8.83. The molecule has 0 aliphatic rings. The lowest BCUT2D eigenvalue weighted by atomic mass is 10.1. The molecule has 0 spiro atoms. The lowest BCUT2D eigenvalue weighted by Crippen LogP contribution is -2.11. The second-order valence-electron chi connectivity index (χ2n) is 2.72. The Labute approximate surface area is 79.5 Å². The summed E-state index contributed by atoms with van der Waals surface area (Å²) in [4.78, 5) is 0.992. The highest BCUT2D eigenvalue weighted by molar-refractivity contribution is 5.89. The molecular weight excluding hydrogens is 178 g/mol. The molecule has 2 N–H and O–H groups in total.